The van der Waals surface area contributed by atoms with Gasteiger partial charge in [0.1, 0.15) is 6.29 Å². The van der Waals surface area contributed by atoms with Crippen LogP contribution in [-0.2, 0) is 4.79 Å². The number of aldehydes is 1. The molecule has 1 heterocycles. The van der Waals surface area contributed by atoms with E-state index in [2.05, 4.69) is 0 Å². The number of hydrogen-bond acceptors (Lipinski definition) is 2. The van der Waals surface area contributed by atoms with Gasteiger partial charge in [-0.2, -0.15) is 13.2 Å². The number of likely N-dealkylation sites (tertiary alicyclic amines) is 1. The Kier molecular flexibility index (Phi) is 3.92. The maximum Gasteiger partial charge on any atom is 0.390 e. The molecule has 0 aromatic rings. The minimum atomic E-state index is -4.09. The lowest BCUT2D eigenvalue weighted by Gasteiger charge is -2.30. The van der Waals surface area contributed by atoms with Gasteiger partial charge in [0.05, 0.1) is 6.42 Å². The summed E-state index contributed by atoms with van der Waals surface area (Å²) in [6.07, 6.45) is -2.39. The summed E-state index contributed by atoms with van der Waals surface area (Å²) in [5.41, 5.74) is 0. The summed E-state index contributed by atoms with van der Waals surface area (Å²) in [6.45, 7) is 1.19. The zero-order valence-electron chi connectivity index (χ0n) is 7.89. The van der Waals surface area contributed by atoms with E-state index >= 15 is 0 Å². The summed E-state index contributed by atoms with van der Waals surface area (Å²) in [6, 6.07) is 0. The Hall–Kier alpha value is -0.580. The van der Waals surface area contributed by atoms with Crippen molar-refractivity contribution in [2.75, 3.05) is 19.6 Å². The second-order valence-electron chi connectivity index (χ2n) is 3.70. The number of hydrogen-bond donors (Lipinski definition) is 0. The number of piperidine rings is 1. The van der Waals surface area contributed by atoms with Gasteiger partial charge in [0.2, 0.25) is 0 Å². The molecular weight excluding hydrogens is 195 g/mol. The van der Waals surface area contributed by atoms with Crippen molar-refractivity contribution in [3.8, 4) is 0 Å². The van der Waals surface area contributed by atoms with Crippen LogP contribution in [0.4, 0.5) is 13.2 Å². The SMILES string of the molecule is O=CC1CCCN(CCC(F)(F)F)C1. The standard InChI is InChI=1S/C9H14F3NO/c10-9(11,12)3-5-13-4-1-2-8(6-13)7-14/h7-8H,1-6H2. The lowest BCUT2D eigenvalue weighted by molar-refractivity contribution is -0.138. The van der Waals surface area contributed by atoms with Crippen molar-refractivity contribution in [2.45, 2.75) is 25.4 Å². The summed E-state index contributed by atoms with van der Waals surface area (Å²) in [5.74, 6) is -0.0722. The van der Waals surface area contributed by atoms with Gasteiger partial charge < -0.3 is 9.69 Å². The van der Waals surface area contributed by atoms with E-state index in [-0.39, 0.29) is 12.5 Å². The first-order valence-corrected chi connectivity index (χ1v) is 4.75. The molecule has 0 aliphatic carbocycles. The van der Waals surface area contributed by atoms with Crippen molar-refractivity contribution >= 4 is 6.29 Å². The van der Waals surface area contributed by atoms with Crippen LogP contribution in [-0.4, -0.2) is 37.0 Å². The number of carbonyl (C=O) groups excluding carboxylic acids is 1. The third-order valence-corrected chi connectivity index (χ3v) is 2.45. The third kappa shape index (κ3) is 4.09. The fraction of sp³-hybridized carbons (Fsp3) is 0.889. The number of halogens is 3. The highest BCUT2D eigenvalue weighted by Crippen LogP contribution is 2.21. The number of carbonyl (C=O) groups is 1. The summed E-state index contributed by atoms with van der Waals surface area (Å²) in [4.78, 5) is 12.2. The predicted octanol–water partition coefficient (Wildman–Crippen LogP) is 1.85. The van der Waals surface area contributed by atoms with Crippen LogP contribution in [0.3, 0.4) is 0 Å². The van der Waals surface area contributed by atoms with Crippen LogP contribution in [0, 0.1) is 5.92 Å². The molecule has 0 bridgehead atoms. The topological polar surface area (TPSA) is 20.3 Å². The molecule has 0 amide bonds. The van der Waals surface area contributed by atoms with E-state index in [0.29, 0.717) is 13.1 Å². The lowest BCUT2D eigenvalue weighted by atomic mass is 10.00. The normalized spacial score (nSPS) is 24.9. The molecule has 0 radical (unpaired) electrons. The molecule has 0 saturated carbocycles. The third-order valence-electron chi connectivity index (χ3n) is 2.45. The quantitative estimate of drug-likeness (QED) is 0.661. The molecule has 1 saturated heterocycles. The van der Waals surface area contributed by atoms with Gasteiger partial charge in [0.15, 0.2) is 0 Å². The van der Waals surface area contributed by atoms with Crippen molar-refractivity contribution < 1.29 is 18.0 Å². The Labute approximate surface area is 81.1 Å². The van der Waals surface area contributed by atoms with Crippen molar-refractivity contribution in [1.29, 1.82) is 0 Å². The minimum Gasteiger partial charge on any atom is -0.303 e. The Morgan fingerprint density at radius 2 is 2.14 bits per heavy atom. The summed E-state index contributed by atoms with van der Waals surface area (Å²) in [5, 5.41) is 0. The van der Waals surface area contributed by atoms with E-state index in [1.807, 2.05) is 0 Å². The summed E-state index contributed by atoms with van der Waals surface area (Å²) < 4.78 is 35.7. The molecule has 1 rings (SSSR count). The molecular formula is C9H14F3NO. The van der Waals surface area contributed by atoms with Gasteiger partial charge in [-0.05, 0) is 19.4 Å². The minimum absolute atomic E-state index is 0.0217. The maximum atomic E-state index is 11.9. The Bertz CT molecular complexity index is 193. The molecule has 0 aromatic heterocycles. The largest absolute Gasteiger partial charge is 0.390 e. The van der Waals surface area contributed by atoms with Crippen molar-refractivity contribution in [3.05, 3.63) is 0 Å². The predicted molar refractivity (Wildman–Crippen MR) is 45.9 cm³/mol. The summed E-state index contributed by atoms with van der Waals surface area (Å²) in [7, 11) is 0. The molecule has 2 nitrogen and oxygen atoms in total. The van der Waals surface area contributed by atoms with Crippen LogP contribution in [0.2, 0.25) is 0 Å². The van der Waals surface area contributed by atoms with Crippen LogP contribution < -0.4 is 0 Å². The fourth-order valence-electron chi connectivity index (χ4n) is 1.69. The highest BCUT2D eigenvalue weighted by molar-refractivity contribution is 5.53. The smallest absolute Gasteiger partial charge is 0.303 e. The van der Waals surface area contributed by atoms with Gasteiger partial charge in [-0.1, -0.05) is 0 Å². The van der Waals surface area contributed by atoms with Gasteiger partial charge >= 0.3 is 6.18 Å². The Morgan fingerprint density at radius 1 is 1.43 bits per heavy atom. The highest BCUT2D eigenvalue weighted by atomic mass is 19.4. The van der Waals surface area contributed by atoms with E-state index in [1.54, 1.807) is 4.90 Å². The fourth-order valence-corrected chi connectivity index (χ4v) is 1.69. The second kappa shape index (κ2) is 4.77. The maximum absolute atomic E-state index is 11.9. The average Bonchev–Trinajstić information content (AvgIpc) is 2.14. The molecule has 14 heavy (non-hydrogen) atoms. The van der Waals surface area contributed by atoms with Crippen molar-refractivity contribution in [3.63, 3.8) is 0 Å². The van der Waals surface area contributed by atoms with Gasteiger partial charge in [0, 0.05) is 19.0 Å². The number of alkyl halides is 3. The van der Waals surface area contributed by atoms with Gasteiger partial charge in [-0.25, -0.2) is 0 Å². The zero-order valence-corrected chi connectivity index (χ0v) is 7.89. The van der Waals surface area contributed by atoms with E-state index in [1.165, 1.54) is 0 Å². The zero-order chi connectivity index (χ0) is 10.6. The van der Waals surface area contributed by atoms with Crippen LogP contribution in [0.5, 0.6) is 0 Å². The monoisotopic (exact) mass is 209 g/mol. The number of nitrogens with zero attached hydrogens (tertiary/aromatic N) is 1. The molecule has 1 unspecified atom stereocenters. The van der Waals surface area contributed by atoms with Gasteiger partial charge in [-0.15, -0.1) is 0 Å². The van der Waals surface area contributed by atoms with Gasteiger partial charge in [0.25, 0.3) is 0 Å². The number of rotatable bonds is 3. The van der Waals surface area contributed by atoms with E-state index in [9.17, 15) is 18.0 Å². The molecule has 1 atom stereocenters. The Balaban J connectivity index is 2.27. The molecule has 5 heteroatoms. The van der Waals surface area contributed by atoms with E-state index < -0.39 is 12.6 Å². The van der Waals surface area contributed by atoms with Crippen molar-refractivity contribution in [1.82, 2.24) is 4.90 Å². The van der Waals surface area contributed by atoms with Gasteiger partial charge in [-0.3, -0.25) is 0 Å². The molecule has 0 spiro atoms. The first-order valence-electron chi connectivity index (χ1n) is 4.75. The highest BCUT2D eigenvalue weighted by Gasteiger charge is 2.29. The van der Waals surface area contributed by atoms with Crippen LogP contribution >= 0.6 is 0 Å². The molecule has 1 aliphatic heterocycles. The van der Waals surface area contributed by atoms with Crippen LogP contribution in [0.1, 0.15) is 19.3 Å². The summed E-state index contributed by atoms with van der Waals surface area (Å²) >= 11 is 0. The molecule has 0 aromatic carbocycles. The molecule has 1 aliphatic rings. The first kappa shape index (κ1) is 11.5. The Morgan fingerprint density at radius 3 is 2.71 bits per heavy atom. The second-order valence-corrected chi connectivity index (χ2v) is 3.70. The first-order chi connectivity index (χ1) is 6.51. The average molecular weight is 209 g/mol. The van der Waals surface area contributed by atoms with Crippen molar-refractivity contribution in [2.24, 2.45) is 5.92 Å². The molecule has 82 valence electrons. The van der Waals surface area contributed by atoms with E-state index in [4.69, 9.17) is 0 Å². The van der Waals surface area contributed by atoms with E-state index in [0.717, 1.165) is 19.1 Å². The van der Waals surface area contributed by atoms with Crippen LogP contribution in [0.15, 0.2) is 0 Å². The lowest BCUT2D eigenvalue weighted by Crippen LogP contribution is -2.37. The molecule has 1 fully saturated rings. The molecule has 0 N–H and O–H groups in total. The van der Waals surface area contributed by atoms with Crippen LogP contribution in [0.25, 0.3) is 0 Å².